The van der Waals surface area contributed by atoms with Crippen molar-refractivity contribution < 1.29 is 14.3 Å². The summed E-state index contributed by atoms with van der Waals surface area (Å²) in [7, 11) is 0. The Morgan fingerprint density at radius 2 is 2.00 bits per heavy atom. The molecular formula is C20H13N2O3. The number of nitrogens with zero attached hydrogens (tertiary/aromatic N) is 1. The second-order valence-electron chi connectivity index (χ2n) is 5.54. The highest BCUT2D eigenvalue weighted by Crippen LogP contribution is 2.35. The van der Waals surface area contributed by atoms with E-state index in [2.05, 4.69) is 10.3 Å². The van der Waals surface area contributed by atoms with Gasteiger partial charge in [0.05, 0.1) is 0 Å². The van der Waals surface area contributed by atoms with Crippen molar-refractivity contribution in [2.75, 3.05) is 11.9 Å². The monoisotopic (exact) mass is 329 g/mol. The Morgan fingerprint density at radius 3 is 2.88 bits per heavy atom. The quantitative estimate of drug-likeness (QED) is 0.746. The zero-order valence-corrected chi connectivity index (χ0v) is 13.2. The molecular weight excluding hydrogens is 316 g/mol. The van der Waals surface area contributed by atoms with Gasteiger partial charge in [0, 0.05) is 28.4 Å². The van der Waals surface area contributed by atoms with E-state index in [9.17, 15) is 9.59 Å². The van der Waals surface area contributed by atoms with Crippen LogP contribution in [0.2, 0.25) is 0 Å². The Hall–Kier alpha value is -3.47. The van der Waals surface area contributed by atoms with Crippen LogP contribution in [0, 0.1) is 0 Å². The predicted molar refractivity (Wildman–Crippen MR) is 95.9 cm³/mol. The van der Waals surface area contributed by atoms with Crippen LogP contribution < -0.4 is 10.1 Å². The van der Waals surface area contributed by atoms with Crippen molar-refractivity contribution in [2.24, 2.45) is 0 Å². The lowest BCUT2D eigenvalue weighted by Crippen LogP contribution is -2.03. The van der Waals surface area contributed by atoms with Crippen molar-refractivity contribution in [3.63, 3.8) is 0 Å². The number of aromatic nitrogens is 1. The molecule has 0 saturated carbocycles. The van der Waals surface area contributed by atoms with Crippen LogP contribution >= 0.6 is 0 Å². The average Bonchev–Trinajstić information content (AvgIpc) is 2.96. The Morgan fingerprint density at radius 1 is 1.12 bits per heavy atom. The Bertz CT molecular complexity index is 1020. The number of pyridine rings is 1. The molecule has 0 unspecified atom stereocenters. The Kier molecular flexibility index (Phi) is 3.74. The van der Waals surface area contributed by atoms with Crippen molar-refractivity contribution in [1.29, 1.82) is 0 Å². The molecule has 0 fully saturated rings. The van der Waals surface area contributed by atoms with Gasteiger partial charge >= 0.3 is 0 Å². The number of para-hydroxylation sites is 1. The molecule has 0 saturated heterocycles. The second kappa shape index (κ2) is 6.20. The van der Waals surface area contributed by atoms with E-state index in [4.69, 9.17) is 4.74 Å². The molecule has 25 heavy (non-hydrogen) atoms. The van der Waals surface area contributed by atoms with Crippen LogP contribution in [-0.2, 0) is 9.59 Å². The third-order valence-corrected chi connectivity index (χ3v) is 4.06. The number of hydrogen-bond donors (Lipinski definition) is 1. The zero-order valence-electron chi connectivity index (χ0n) is 13.2. The smallest absolute Gasteiger partial charge is 0.256 e. The topological polar surface area (TPSA) is 68.3 Å². The van der Waals surface area contributed by atoms with Crippen LogP contribution in [0.15, 0.2) is 54.7 Å². The highest BCUT2D eigenvalue weighted by atomic mass is 16.5. The summed E-state index contributed by atoms with van der Waals surface area (Å²) >= 11 is 0. The Balaban J connectivity index is 1.86. The summed E-state index contributed by atoms with van der Waals surface area (Å²) in [5.41, 5.74) is 3.78. The van der Waals surface area contributed by atoms with Crippen molar-refractivity contribution in [2.45, 2.75) is 0 Å². The summed E-state index contributed by atoms with van der Waals surface area (Å²) < 4.78 is 5.38. The van der Waals surface area contributed by atoms with Crippen LogP contribution in [0.5, 0.6) is 5.75 Å². The van der Waals surface area contributed by atoms with Gasteiger partial charge in [0.2, 0.25) is 6.29 Å². The molecule has 2 heterocycles. The molecule has 1 aliphatic heterocycles. The van der Waals surface area contributed by atoms with Crippen LogP contribution in [0.1, 0.15) is 11.1 Å². The number of benzene rings is 2. The number of anilines is 1. The van der Waals surface area contributed by atoms with E-state index in [0.717, 1.165) is 22.2 Å². The third-order valence-electron chi connectivity index (χ3n) is 4.06. The molecule has 0 atom stereocenters. The van der Waals surface area contributed by atoms with Crippen LogP contribution in [0.4, 0.5) is 5.69 Å². The van der Waals surface area contributed by atoms with Gasteiger partial charge in [0.1, 0.15) is 11.3 Å². The number of carbonyl (C=O) groups is 1. The average molecular weight is 329 g/mol. The van der Waals surface area contributed by atoms with Gasteiger partial charge in [0.15, 0.2) is 6.61 Å². The van der Waals surface area contributed by atoms with Crippen molar-refractivity contribution in [3.8, 4) is 5.75 Å². The van der Waals surface area contributed by atoms with Crippen molar-refractivity contribution >= 4 is 40.4 Å². The largest absolute Gasteiger partial charge is 0.483 e. The van der Waals surface area contributed by atoms with Gasteiger partial charge in [-0.2, -0.15) is 0 Å². The van der Waals surface area contributed by atoms with Gasteiger partial charge in [-0.25, -0.2) is 0 Å². The third kappa shape index (κ3) is 2.65. The molecule has 1 aliphatic rings. The molecule has 121 valence electrons. The molecule has 0 bridgehead atoms. The van der Waals surface area contributed by atoms with E-state index in [-0.39, 0.29) is 12.5 Å². The van der Waals surface area contributed by atoms with Gasteiger partial charge in [-0.15, -0.1) is 0 Å². The Labute approximate surface area is 144 Å². The first-order valence-electron chi connectivity index (χ1n) is 7.76. The lowest BCUT2D eigenvalue weighted by atomic mass is 10.0. The highest BCUT2D eigenvalue weighted by Gasteiger charge is 2.23. The maximum Gasteiger partial charge on any atom is 0.256 e. The molecule has 4 rings (SSSR count). The van der Waals surface area contributed by atoms with Gasteiger partial charge in [-0.3, -0.25) is 14.6 Å². The first kappa shape index (κ1) is 15.1. The van der Waals surface area contributed by atoms with E-state index < -0.39 is 0 Å². The summed E-state index contributed by atoms with van der Waals surface area (Å²) in [6, 6.07) is 14.9. The summed E-state index contributed by atoms with van der Waals surface area (Å²) in [6.07, 6.45) is 5.22. The zero-order chi connectivity index (χ0) is 17.2. The fraction of sp³-hybridized carbons (Fsp3) is 0.0500. The molecule has 0 aliphatic carbocycles. The van der Waals surface area contributed by atoms with Crippen LogP contribution in [0.25, 0.3) is 22.6 Å². The molecule has 5 heteroatoms. The molecule has 1 radical (unpaired) electrons. The van der Waals surface area contributed by atoms with E-state index >= 15 is 0 Å². The summed E-state index contributed by atoms with van der Waals surface area (Å²) in [6.45, 7) is -0.151. The normalized spacial score (nSPS) is 14.4. The lowest BCUT2D eigenvalue weighted by Gasteiger charge is -2.08. The van der Waals surface area contributed by atoms with Gasteiger partial charge in [0.25, 0.3) is 5.91 Å². The maximum absolute atomic E-state index is 12.3. The molecule has 1 N–H and O–H groups in total. The number of nitrogens with one attached hydrogen (secondary N) is 1. The number of ether oxygens (including phenoxy) is 1. The molecule has 1 amide bonds. The highest BCUT2D eigenvalue weighted by molar-refractivity contribution is 6.35. The van der Waals surface area contributed by atoms with E-state index in [1.807, 2.05) is 48.5 Å². The van der Waals surface area contributed by atoms with Gasteiger partial charge in [-0.05, 0) is 29.8 Å². The van der Waals surface area contributed by atoms with Gasteiger partial charge in [-0.1, -0.05) is 30.3 Å². The maximum atomic E-state index is 12.3. The first-order valence-corrected chi connectivity index (χ1v) is 7.76. The summed E-state index contributed by atoms with van der Waals surface area (Å²) in [4.78, 5) is 27.1. The van der Waals surface area contributed by atoms with E-state index in [1.54, 1.807) is 18.5 Å². The fourth-order valence-electron chi connectivity index (χ4n) is 2.96. The first-order chi connectivity index (χ1) is 12.3. The molecule has 5 nitrogen and oxygen atoms in total. The molecule has 1 aromatic heterocycles. The summed E-state index contributed by atoms with van der Waals surface area (Å²) in [5, 5.41) is 3.71. The van der Waals surface area contributed by atoms with Gasteiger partial charge < -0.3 is 10.1 Å². The summed E-state index contributed by atoms with van der Waals surface area (Å²) in [5.74, 6) is 0.381. The fourth-order valence-corrected chi connectivity index (χ4v) is 2.96. The lowest BCUT2D eigenvalue weighted by molar-refractivity contribution is -0.110. The number of amides is 1. The van der Waals surface area contributed by atoms with Crippen molar-refractivity contribution in [3.05, 3.63) is 65.9 Å². The minimum Gasteiger partial charge on any atom is -0.483 e. The minimum atomic E-state index is -0.151. The van der Waals surface area contributed by atoms with Crippen LogP contribution in [-0.4, -0.2) is 23.8 Å². The minimum absolute atomic E-state index is 0.130. The van der Waals surface area contributed by atoms with Crippen LogP contribution in [0.3, 0.4) is 0 Å². The van der Waals surface area contributed by atoms with Crippen molar-refractivity contribution in [1.82, 2.24) is 4.98 Å². The van der Waals surface area contributed by atoms with E-state index in [0.29, 0.717) is 16.8 Å². The number of carbonyl (C=O) groups excluding carboxylic acids is 2. The second-order valence-corrected chi connectivity index (χ2v) is 5.54. The molecule has 0 spiro atoms. The predicted octanol–water partition coefficient (Wildman–Crippen LogP) is 3.22. The number of hydrogen-bond acceptors (Lipinski definition) is 4. The van der Waals surface area contributed by atoms with E-state index in [1.165, 1.54) is 0 Å². The molecule has 2 aromatic carbocycles. The molecule has 3 aromatic rings. The number of fused-ring (bicyclic) bond motifs is 2. The SMILES string of the molecule is O=[C]COc1ccc(C=C2C(=O)Nc3ccccc32)c2cccnc12. The standard InChI is InChI=1S/C20H13N2O3/c23-10-11-25-18-8-7-13(14-5-3-9-21-19(14)18)12-16-15-4-1-2-6-17(15)22-20(16)24/h1-9,12H,11H2,(H,22,24). The number of rotatable bonds is 4.